The highest BCUT2D eigenvalue weighted by molar-refractivity contribution is 8.38. The van der Waals surface area contributed by atoms with Crippen LogP contribution in [0.1, 0.15) is 6.92 Å². The van der Waals surface area contributed by atoms with E-state index in [1.165, 1.54) is 0 Å². The maximum absolute atomic E-state index is 11.2. The molecule has 1 atom stereocenters. The fourth-order valence-corrected chi connectivity index (χ4v) is 2.44. The second kappa shape index (κ2) is 4.77. The molecule has 1 aliphatic heterocycles. The van der Waals surface area contributed by atoms with Crippen molar-refractivity contribution in [3.8, 4) is 0 Å². The minimum absolute atomic E-state index is 0.200. The van der Waals surface area contributed by atoms with Gasteiger partial charge in [0.05, 0.1) is 6.61 Å². The topological polar surface area (TPSA) is 38.7 Å². The third kappa shape index (κ3) is 2.42. The standard InChI is InChI=1S/C7H11NO2S2/c1-3-10-6(9)5-4-12-7(8-5)11-2/h5H,3-4H2,1-2H3. The number of nitrogens with zero attached hydrogens (tertiary/aromatic N) is 1. The van der Waals surface area contributed by atoms with Gasteiger partial charge >= 0.3 is 5.97 Å². The molecule has 0 aromatic carbocycles. The smallest absolute Gasteiger partial charge is 0.331 e. The molecule has 3 nitrogen and oxygen atoms in total. The first-order chi connectivity index (χ1) is 5.77. The minimum Gasteiger partial charge on any atom is -0.464 e. The summed E-state index contributed by atoms with van der Waals surface area (Å²) in [6.07, 6.45) is 1.96. The average molecular weight is 205 g/mol. The molecule has 0 amide bonds. The van der Waals surface area contributed by atoms with Crippen LogP contribution in [0, 0.1) is 0 Å². The van der Waals surface area contributed by atoms with Gasteiger partial charge in [-0.15, -0.1) is 11.8 Å². The van der Waals surface area contributed by atoms with E-state index in [9.17, 15) is 4.79 Å². The van der Waals surface area contributed by atoms with E-state index in [1.54, 1.807) is 30.4 Å². The number of carbonyl (C=O) groups is 1. The van der Waals surface area contributed by atoms with Gasteiger partial charge in [-0.05, 0) is 13.2 Å². The molecule has 12 heavy (non-hydrogen) atoms. The summed E-state index contributed by atoms with van der Waals surface area (Å²) in [5, 5.41) is 0. The maximum Gasteiger partial charge on any atom is 0.331 e. The minimum atomic E-state index is -0.266. The van der Waals surface area contributed by atoms with Gasteiger partial charge in [0.25, 0.3) is 0 Å². The van der Waals surface area contributed by atoms with Crippen LogP contribution >= 0.6 is 23.5 Å². The fraction of sp³-hybridized carbons (Fsp3) is 0.714. The molecule has 0 aromatic rings. The highest BCUT2D eigenvalue weighted by Crippen LogP contribution is 2.24. The van der Waals surface area contributed by atoms with Crippen molar-refractivity contribution in [1.82, 2.24) is 0 Å². The van der Waals surface area contributed by atoms with Crippen LogP contribution in [0.25, 0.3) is 0 Å². The fourth-order valence-electron chi connectivity index (χ4n) is 0.823. The summed E-state index contributed by atoms with van der Waals surface area (Å²) in [6, 6.07) is -0.266. The Hall–Kier alpha value is -0.160. The van der Waals surface area contributed by atoms with Crippen molar-refractivity contribution in [3.05, 3.63) is 0 Å². The summed E-state index contributed by atoms with van der Waals surface area (Å²) in [5.74, 6) is 0.531. The van der Waals surface area contributed by atoms with Crippen LogP contribution in [0.2, 0.25) is 0 Å². The second-order valence-corrected chi connectivity index (χ2v) is 4.24. The summed E-state index contributed by atoms with van der Waals surface area (Å²) in [5.41, 5.74) is 0. The second-order valence-electron chi connectivity index (χ2n) is 2.18. The molecule has 0 N–H and O–H groups in total. The van der Waals surface area contributed by atoms with Crippen LogP contribution in [-0.2, 0) is 9.53 Å². The van der Waals surface area contributed by atoms with Crippen molar-refractivity contribution >= 4 is 33.9 Å². The maximum atomic E-state index is 11.2. The molecule has 68 valence electrons. The van der Waals surface area contributed by atoms with Crippen molar-refractivity contribution in [3.63, 3.8) is 0 Å². The number of rotatable bonds is 2. The van der Waals surface area contributed by atoms with Crippen LogP contribution in [0.5, 0.6) is 0 Å². The lowest BCUT2D eigenvalue weighted by Crippen LogP contribution is -2.21. The lowest BCUT2D eigenvalue weighted by atomic mass is 10.4. The first-order valence-electron chi connectivity index (χ1n) is 3.69. The van der Waals surface area contributed by atoms with Gasteiger partial charge in [0, 0.05) is 5.75 Å². The van der Waals surface area contributed by atoms with Gasteiger partial charge in [0.15, 0.2) is 6.04 Å². The number of esters is 1. The van der Waals surface area contributed by atoms with Gasteiger partial charge < -0.3 is 4.74 Å². The number of hydrogen-bond acceptors (Lipinski definition) is 5. The molecule has 0 spiro atoms. The van der Waals surface area contributed by atoms with E-state index in [1.807, 2.05) is 6.26 Å². The molecular formula is C7H11NO2S2. The van der Waals surface area contributed by atoms with Crippen LogP contribution in [0.3, 0.4) is 0 Å². The van der Waals surface area contributed by atoms with Crippen molar-refractivity contribution in [2.45, 2.75) is 13.0 Å². The Morgan fingerprint density at radius 2 is 2.67 bits per heavy atom. The molecule has 0 fully saturated rings. The van der Waals surface area contributed by atoms with E-state index < -0.39 is 0 Å². The van der Waals surface area contributed by atoms with Crippen molar-refractivity contribution in [1.29, 1.82) is 0 Å². The van der Waals surface area contributed by atoms with E-state index >= 15 is 0 Å². The largest absolute Gasteiger partial charge is 0.464 e. The molecule has 0 aromatic heterocycles. The van der Waals surface area contributed by atoms with Gasteiger partial charge in [-0.25, -0.2) is 4.79 Å². The highest BCUT2D eigenvalue weighted by atomic mass is 32.2. The lowest BCUT2D eigenvalue weighted by molar-refractivity contribution is -0.143. The van der Waals surface area contributed by atoms with Gasteiger partial charge in [0.2, 0.25) is 0 Å². The Morgan fingerprint density at radius 3 is 3.17 bits per heavy atom. The molecule has 0 radical (unpaired) electrons. The van der Waals surface area contributed by atoms with E-state index in [4.69, 9.17) is 4.74 Å². The number of carbonyl (C=O) groups excluding carboxylic acids is 1. The van der Waals surface area contributed by atoms with Crippen molar-refractivity contribution in [2.24, 2.45) is 4.99 Å². The summed E-state index contributed by atoms with van der Waals surface area (Å²) in [4.78, 5) is 15.3. The van der Waals surface area contributed by atoms with E-state index in [2.05, 4.69) is 4.99 Å². The van der Waals surface area contributed by atoms with E-state index in [0.717, 1.165) is 10.1 Å². The number of ether oxygens (including phenoxy) is 1. The molecule has 1 rings (SSSR count). The van der Waals surface area contributed by atoms with Gasteiger partial charge in [-0.1, -0.05) is 11.8 Å². The molecule has 1 unspecified atom stereocenters. The Bertz CT molecular complexity index is 206. The molecule has 0 saturated heterocycles. The molecule has 1 aliphatic rings. The van der Waals surface area contributed by atoms with Crippen LogP contribution < -0.4 is 0 Å². The first-order valence-corrected chi connectivity index (χ1v) is 5.90. The van der Waals surface area contributed by atoms with Gasteiger partial charge in [-0.3, -0.25) is 4.99 Å². The molecule has 5 heteroatoms. The summed E-state index contributed by atoms with van der Waals surface area (Å²) >= 11 is 3.19. The number of thioether (sulfide) groups is 2. The lowest BCUT2D eigenvalue weighted by Gasteiger charge is -2.03. The monoisotopic (exact) mass is 205 g/mol. The summed E-state index contributed by atoms with van der Waals surface area (Å²) in [6.45, 7) is 2.24. The zero-order valence-electron chi connectivity index (χ0n) is 7.07. The normalized spacial score (nSPS) is 22.2. The number of hydrogen-bond donors (Lipinski definition) is 0. The number of aliphatic imine (C=N–C) groups is 1. The zero-order chi connectivity index (χ0) is 8.97. The molecule has 1 heterocycles. The third-order valence-electron chi connectivity index (χ3n) is 1.36. The summed E-state index contributed by atoms with van der Waals surface area (Å²) < 4.78 is 5.83. The quantitative estimate of drug-likeness (QED) is 0.638. The van der Waals surface area contributed by atoms with Crippen LogP contribution in [0.4, 0.5) is 0 Å². The van der Waals surface area contributed by atoms with Crippen molar-refractivity contribution in [2.75, 3.05) is 18.6 Å². The Morgan fingerprint density at radius 1 is 1.92 bits per heavy atom. The predicted molar refractivity (Wildman–Crippen MR) is 53.8 cm³/mol. The Balaban J connectivity index is 2.45. The van der Waals surface area contributed by atoms with Crippen LogP contribution in [-0.4, -0.2) is 35.0 Å². The highest BCUT2D eigenvalue weighted by Gasteiger charge is 2.25. The third-order valence-corrected chi connectivity index (χ3v) is 3.50. The molecule has 0 bridgehead atoms. The predicted octanol–water partition coefficient (Wildman–Crippen LogP) is 1.38. The van der Waals surface area contributed by atoms with E-state index in [-0.39, 0.29) is 12.0 Å². The Kier molecular flexibility index (Phi) is 3.94. The molecule has 0 saturated carbocycles. The van der Waals surface area contributed by atoms with E-state index in [0.29, 0.717) is 6.61 Å². The van der Waals surface area contributed by atoms with Crippen molar-refractivity contribution < 1.29 is 9.53 Å². The van der Waals surface area contributed by atoms with Gasteiger partial charge in [0.1, 0.15) is 4.38 Å². The van der Waals surface area contributed by atoms with Crippen LogP contribution in [0.15, 0.2) is 4.99 Å². The first kappa shape index (κ1) is 9.92. The van der Waals surface area contributed by atoms with Gasteiger partial charge in [-0.2, -0.15) is 0 Å². The SMILES string of the molecule is CCOC(=O)C1CSC(SC)=N1. The average Bonchev–Trinajstić information content (AvgIpc) is 2.52. The molecular weight excluding hydrogens is 194 g/mol. The zero-order valence-corrected chi connectivity index (χ0v) is 8.70. The Labute approximate surface area is 80.3 Å². The molecule has 0 aliphatic carbocycles. The summed E-state index contributed by atoms with van der Waals surface area (Å²) in [7, 11) is 0.